The molecule has 138 valence electrons. The fourth-order valence-corrected chi connectivity index (χ4v) is 3.00. The molecule has 3 aromatic rings. The molecule has 1 heterocycles. The van der Waals surface area contributed by atoms with Crippen molar-refractivity contribution in [1.82, 2.24) is 15.3 Å². The van der Waals surface area contributed by atoms with Gasteiger partial charge in [-0.05, 0) is 29.3 Å². The van der Waals surface area contributed by atoms with Gasteiger partial charge in [0.05, 0.1) is 0 Å². The predicted molar refractivity (Wildman–Crippen MR) is 106 cm³/mol. The molecule has 0 spiro atoms. The van der Waals surface area contributed by atoms with E-state index in [-0.39, 0.29) is 18.1 Å². The summed E-state index contributed by atoms with van der Waals surface area (Å²) in [6, 6.07) is 14.4. The van der Waals surface area contributed by atoms with E-state index in [0.29, 0.717) is 11.4 Å². The summed E-state index contributed by atoms with van der Waals surface area (Å²) in [5.41, 5.74) is 0.642. The number of hydrogen-bond donors (Lipinski definition) is 3. The second-order valence-electron chi connectivity index (χ2n) is 5.79. The summed E-state index contributed by atoms with van der Waals surface area (Å²) < 4.78 is 0.856. The molecule has 3 N–H and O–H groups in total. The Labute approximate surface area is 168 Å². The van der Waals surface area contributed by atoms with E-state index in [1.807, 2.05) is 24.3 Å². The first-order chi connectivity index (χ1) is 12.9. The van der Waals surface area contributed by atoms with Gasteiger partial charge >= 0.3 is 0 Å². The van der Waals surface area contributed by atoms with Gasteiger partial charge in [-0.2, -0.15) is 0 Å². The number of aromatic nitrogens is 2. The molecule has 0 aliphatic carbocycles. The largest absolute Gasteiger partial charge is 0.501 e. The lowest BCUT2D eigenvalue weighted by Gasteiger charge is -2.09. The second kappa shape index (κ2) is 8.37. The van der Waals surface area contributed by atoms with Crippen LogP contribution in [0.4, 0.5) is 0 Å². The standard InChI is InChI=1S/C19H15BrClN3O3/c20-14-4-2-1-3-12(14)9-15-23-16(17(25)19(27)24-15)18(26)22-10-11-5-7-13(21)8-6-11/h1-8,25H,9-10H2,(H,22,26)(H,23,24,27). The van der Waals surface area contributed by atoms with E-state index >= 15 is 0 Å². The lowest BCUT2D eigenvalue weighted by molar-refractivity contribution is 0.0942. The second-order valence-corrected chi connectivity index (χ2v) is 7.08. The molecule has 0 unspecified atom stereocenters. The van der Waals surface area contributed by atoms with E-state index in [0.717, 1.165) is 15.6 Å². The fraction of sp³-hybridized carbons (Fsp3) is 0.105. The minimum absolute atomic E-state index is 0.212. The third-order valence-corrected chi connectivity index (χ3v) is 4.87. The van der Waals surface area contributed by atoms with E-state index in [1.165, 1.54) is 0 Å². The summed E-state index contributed by atoms with van der Waals surface area (Å²) in [6.07, 6.45) is 0.300. The van der Waals surface area contributed by atoms with Crippen LogP contribution in [0.3, 0.4) is 0 Å². The number of halogens is 2. The number of nitrogens with zero attached hydrogens (tertiary/aromatic N) is 1. The Morgan fingerprint density at radius 2 is 1.89 bits per heavy atom. The number of hydrogen-bond acceptors (Lipinski definition) is 4. The zero-order chi connectivity index (χ0) is 19.4. The Kier molecular flexibility index (Phi) is 5.93. The van der Waals surface area contributed by atoms with Gasteiger partial charge in [0.1, 0.15) is 5.82 Å². The van der Waals surface area contributed by atoms with Crippen LogP contribution in [0.15, 0.2) is 57.8 Å². The van der Waals surface area contributed by atoms with E-state index in [4.69, 9.17) is 11.6 Å². The molecule has 6 nitrogen and oxygen atoms in total. The number of H-pyrrole nitrogens is 1. The summed E-state index contributed by atoms with van der Waals surface area (Å²) in [7, 11) is 0. The molecule has 8 heteroatoms. The van der Waals surface area contributed by atoms with Crippen molar-refractivity contribution in [1.29, 1.82) is 0 Å². The van der Waals surface area contributed by atoms with Crippen molar-refractivity contribution in [3.8, 4) is 5.75 Å². The smallest absolute Gasteiger partial charge is 0.293 e. The van der Waals surface area contributed by atoms with Crippen LogP contribution in [0.1, 0.15) is 27.4 Å². The van der Waals surface area contributed by atoms with Crippen molar-refractivity contribution in [3.05, 3.63) is 91.0 Å². The van der Waals surface area contributed by atoms with Gasteiger partial charge < -0.3 is 15.4 Å². The van der Waals surface area contributed by atoms with Crippen LogP contribution in [0.5, 0.6) is 5.75 Å². The number of nitrogens with one attached hydrogen (secondary N) is 2. The quantitative estimate of drug-likeness (QED) is 0.557. The minimum Gasteiger partial charge on any atom is -0.501 e. The SMILES string of the molecule is O=C(NCc1ccc(Cl)cc1)c1nc(Cc2ccccc2Br)[nH]c(=O)c1O. The molecule has 1 amide bonds. The molecule has 3 rings (SSSR count). The molecule has 27 heavy (non-hydrogen) atoms. The fourth-order valence-electron chi connectivity index (χ4n) is 2.45. The first-order valence-electron chi connectivity index (χ1n) is 8.02. The van der Waals surface area contributed by atoms with Crippen LogP contribution >= 0.6 is 27.5 Å². The summed E-state index contributed by atoms with van der Waals surface area (Å²) in [5.74, 6) is -1.07. The lowest BCUT2D eigenvalue weighted by Crippen LogP contribution is -2.27. The number of aromatic hydroxyl groups is 1. The van der Waals surface area contributed by atoms with Crippen LogP contribution in [0.2, 0.25) is 5.02 Å². The highest BCUT2D eigenvalue weighted by molar-refractivity contribution is 9.10. The Balaban J connectivity index is 1.80. The first kappa shape index (κ1) is 19.1. The number of carbonyl (C=O) groups is 1. The summed E-state index contributed by atoms with van der Waals surface area (Å²) in [6.45, 7) is 0.212. The van der Waals surface area contributed by atoms with Crippen LogP contribution in [0.25, 0.3) is 0 Å². The van der Waals surface area contributed by atoms with Gasteiger partial charge in [0.25, 0.3) is 11.5 Å². The molecule has 0 bridgehead atoms. The minimum atomic E-state index is -0.760. The molecule has 0 aliphatic heterocycles. The highest BCUT2D eigenvalue weighted by Gasteiger charge is 2.18. The maximum Gasteiger partial charge on any atom is 0.293 e. The molecule has 1 aromatic heterocycles. The van der Waals surface area contributed by atoms with Crippen molar-refractivity contribution < 1.29 is 9.90 Å². The lowest BCUT2D eigenvalue weighted by atomic mass is 10.1. The van der Waals surface area contributed by atoms with Gasteiger partial charge in [-0.1, -0.05) is 57.9 Å². The van der Waals surface area contributed by atoms with Crippen molar-refractivity contribution in [2.24, 2.45) is 0 Å². The molecule has 0 radical (unpaired) electrons. The average Bonchev–Trinajstić information content (AvgIpc) is 2.65. The zero-order valence-electron chi connectivity index (χ0n) is 14.0. The zero-order valence-corrected chi connectivity index (χ0v) is 16.3. The van der Waals surface area contributed by atoms with Crippen LogP contribution in [0, 0.1) is 0 Å². The number of aromatic amines is 1. The maximum atomic E-state index is 12.4. The van der Waals surface area contributed by atoms with Gasteiger partial charge in [-0.3, -0.25) is 9.59 Å². The topological polar surface area (TPSA) is 95.1 Å². The van der Waals surface area contributed by atoms with Crippen LogP contribution in [-0.2, 0) is 13.0 Å². The van der Waals surface area contributed by atoms with Gasteiger partial charge in [-0.15, -0.1) is 0 Å². The Bertz CT molecular complexity index is 1040. The average molecular weight is 449 g/mol. The van der Waals surface area contributed by atoms with Crippen molar-refractivity contribution in [2.45, 2.75) is 13.0 Å². The van der Waals surface area contributed by atoms with Crippen LogP contribution < -0.4 is 10.9 Å². The van der Waals surface area contributed by atoms with Crippen molar-refractivity contribution in [2.75, 3.05) is 0 Å². The molecule has 2 aromatic carbocycles. The van der Waals surface area contributed by atoms with E-state index in [9.17, 15) is 14.7 Å². The van der Waals surface area contributed by atoms with Gasteiger partial charge in [0, 0.05) is 22.5 Å². The summed E-state index contributed by atoms with van der Waals surface area (Å²) in [5, 5.41) is 13.2. The van der Waals surface area contributed by atoms with Crippen molar-refractivity contribution >= 4 is 33.4 Å². The molecule has 0 saturated heterocycles. The number of carbonyl (C=O) groups excluding carboxylic acids is 1. The third kappa shape index (κ3) is 4.75. The first-order valence-corrected chi connectivity index (χ1v) is 9.19. The molecular formula is C19H15BrClN3O3. The van der Waals surface area contributed by atoms with E-state index in [1.54, 1.807) is 24.3 Å². The highest BCUT2D eigenvalue weighted by Crippen LogP contribution is 2.19. The van der Waals surface area contributed by atoms with E-state index < -0.39 is 17.2 Å². The third-order valence-electron chi connectivity index (χ3n) is 3.84. The van der Waals surface area contributed by atoms with Crippen molar-refractivity contribution in [3.63, 3.8) is 0 Å². The normalized spacial score (nSPS) is 10.6. The predicted octanol–water partition coefficient (Wildman–Crippen LogP) is 3.41. The number of benzene rings is 2. The van der Waals surface area contributed by atoms with Gasteiger partial charge in [0.2, 0.25) is 5.75 Å². The molecule has 0 aliphatic rings. The molecular weight excluding hydrogens is 434 g/mol. The Hall–Kier alpha value is -2.64. The molecule has 0 fully saturated rings. The Morgan fingerprint density at radius 3 is 2.59 bits per heavy atom. The maximum absolute atomic E-state index is 12.4. The van der Waals surface area contributed by atoms with Crippen LogP contribution in [-0.4, -0.2) is 21.0 Å². The molecule has 0 atom stereocenters. The Morgan fingerprint density at radius 1 is 1.19 bits per heavy atom. The molecule has 0 saturated carbocycles. The van der Waals surface area contributed by atoms with Gasteiger partial charge in [0.15, 0.2) is 5.69 Å². The summed E-state index contributed by atoms with van der Waals surface area (Å²) >= 11 is 9.26. The number of rotatable bonds is 5. The summed E-state index contributed by atoms with van der Waals surface area (Å²) in [4.78, 5) is 31.0. The van der Waals surface area contributed by atoms with Gasteiger partial charge in [-0.25, -0.2) is 4.98 Å². The number of amides is 1. The monoisotopic (exact) mass is 447 g/mol. The van der Waals surface area contributed by atoms with E-state index in [2.05, 4.69) is 31.2 Å². The highest BCUT2D eigenvalue weighted by atomic mass is 79.9.